The maximum Gasteiger partial charge on any atom is 0.451 e. The molecule has 0 aliphatic carbocycles. The van der Waals surface area contributed by atoms with E-state index in [4.69, 9.17) is 5.11 Å². The smallest absolute Gasteiger partial charge is 0.451 e. The second-order valence-electron chi connectivity index (χ2n) is 2.17. The molecule has 8 nitrogen and oxygen atoms in total. The van der Waals surface area contributed by atoms with Gasteiger partial charge in [0.2, 0.25) is 12.2 Å². The van der Waals surface area contributed by atoms with Crippen molar-refractivity contribution in [1.29, 1.82) is 0 Å². The Morgan fingerprint density at radius 1 is 1.47 bits per heavy atom. The molecule has 0 fully saturated rings. The molecule has 17 heavy (non-hydrogen) atoms. The molecule has 0 aromatic heterocycles. The third kappa shape index (κ3) is 12.1. The molecule has 0 unspecified atom stereocenters. The number of carbonyl (C=O) groups is 1. The fourth-order valence-corrected chi connectivity index (χ4v) is 1.52. The molecule has 0 heterocycles. The normalized spacial score (nSPS) is 9.71. The average Bonchev–Trinajstić information content (AvgIpc) is 2.30. The van der Waals surface area contributed by atoms with Gasteiger partial charge in [-0.25, -0.2) is 14.4 Å². The molecule has 0 amide bonds. The van der Waals surface area contributed by atoms with Crippen LogP contribution in [0.3, 0.4) is 0 Å². The molecule has 0 saturated carbocycles. The zero-order chi connectivity index (χ0) is 13.7. The van der Waals surface area contributed by atoms with Gasteiger partial charge in [0.05, 0.1) is 6.61 Å². The summed E-state index contributed by atoms with van der Waals surface area (Å²) < 4.78 is 15.3. The summed E-state index contributed by atoms with van der Waals surface area (Å²) in [7, 11) is -1.83. The maximum atomic E-state index is 10.2. The summed E-state index contributed by atoms with van der Waals surface area (Å²) in [6, 6.07) is 0. The summed E-state index contributed by atoms with van der Waals surface area (Å²) in [6.07, 6.45) is 2.53. The largest absolute Gasteiger partial charge is 0.502 e. The van der Waals surface area contributed by atoms with E-state index in [1.54, 1.807) is 6.92 Å². The van der Waals surface area contributed by atoms with Crippen molar-refractivity contribution in [2.24, 2.45) is 9.32 Å². The first-order chi connectivity index (χ1) is 8.03. The Morgan fingerprint density at radius 2 is 1.94 bits per heavy atom. The lowest BCUT2D eigenvalue weighted by Crippen LogP contribution is -2.09. The number of hydrogen-bond donors (Lipinski definition) is 1. The van der Waals surface area contributed by atoms with Crippen LogP contribution < -0.4 is 0 Å². The monoisotopic (exact) mass is 276 g/mol. The predicted molar refractivity (Wildman–Crippen MR) is 62.8 cm³/mol. The van der Waals surface area contributed by atoms with E-state index in [0.29, 0.717) is 10.5 Å². The van der Waals surface area contributed by atoms with Gasteiger partial charge in [0.15, 0.2) is 5.76 Å². The van der Waals surface area contributed by atoms with E-state index in [9.17, 15) is 14.4 Å². The van der Waals surface area contributed by atoms with E-state index in [1.165, 1.54) is 12.2 Å². The van der Waals surface area contributed by atoms with E-state index < -0.39 is 21.1 Å². The minimum absolute atomic E-state index is 0.262. The van der Waals surface area contributed by atoms with E-state index in [0.717, 1.165) is 0 Å². The first kappa shape index (κ1) is 17.6. The van der Waals surface area contributed by atoms with Crippen LogP contribution in [0.2, 0.25) is 0 Å². The Balaban J connectivity index is 0. The number of ether oxygens (including phenoxy) is 1. The fraction of sp³-hybridized carbons (Fsp3) is 0.286. The highest BCUT2D eigenvalue weighted by molar-refractivity contribution is 6.53. The number of rotatable bonds is 5. The van der Waals surface area contributed by atoms with Gasteiger partial charge >= 0.3 is 15.3 Å². The molecule has 0 rings (SSSR count). The molecule has 0 aliphatic rings. The summed E-state index contributed by atoms with van der Waals surface area (Å²) in [6.45, 7) is 4.87. The van der Waals surface area contributed by atoms with Crippen molar-refractivity contribution in [2.45, 2.75) is 6.92 Å². The summed E-state index contributed by atoms with van der Waals surface area (Å²) in [5.74, 6) is -1.31. The zero-order valence-corrected chi connectivity index (χ0v) is 12.5. The second kappa shape index (κ2) is 12.2. The minimum Gasteiger partial charge on any atom is -0.502 e. The first-order valence-electron chi connectivity index (χ1n) is 4.25. The van der Waals surface area contributed by atoms with Gasteiger partial charge in [-0.2, -0.15) is 9.32 Å². The molecule has 94 valence electrons. The van der Waals surface area contributed by atoms with Gasteiger partial charge in [0, 0.05) is 0 Å². The summed E-state index contributed by atoms with van der Waals surface area (Å²) in [5.41, 5.74) is 0. The van der Waals surface area contributed by atoms with Crippen molar-refractivity contribution in [3.63, 3.8) is 0 Å². The highest BCUT2D eigenvalue weighted by atomic mass is 28.3. The summed E-state index contributed by atoms with van der Waals surface area (Å²) in [5, 5.41) is 8.28. The predicted octanol–water partition coefficient (Wildman–Crippen LogP) is -1.71. The Morgan fingerprint density at radius 3 is 2.12 bits per heavy atom. The van der Waals surface area contributed by atoms with Crippen molar-refractivity contribution < 1.29 is 28.3 Å². The van der Waals surface area contributed by atoms with E-state index in [2.05, 4.69) is 24.7 Å². The van der Waals surface area contributed by atoms with Gasteiger partial charge in [-0.1, -0.05) is 0 Å². The Bertz CT molecular complexity index is 330. The van der Waals surface area contributed by atoms with Crippen LogP contribution >= 0.6 is 0 Å². The number of esters is 1. The van der Waals surface area contributed by atoms with Crippen molar-refractivity contribution in [3.05, 3.63) is 12.3 Å². The minimum atomic E-state index is -2.25. The van der Waals surface area contributed by atoms with Crippen LogP contribution in [0.1, 0.15) is 6.92 Å². The van der Waals surface area contributed by atoms with Crippen LogP contribution in [0.25, 0.3) is 0 Å². The molecule has 1 N–H and O–H groups in total. The van der Waals surface area contributed by atoms with Crippen LogP contribution in [0.15, 0.2) is 21.7 Å². The molecule has 10 heteroatoms. The first-order valence-corrected chi connectivity index (χ1v) is 6.57. The van der Waals surface area contributed by atoms with Gasteiger partial charge in [-0.05, 0) is 13.5 Å². The number of nitrogens with zero attached hydrogens (tertiary/aromatic N) is 2. The third-order valence-electron chi connectivity index (χ3n) is 1.05. The maximum absolute atomic E-state index is 10.2. The molecule has 0 radical (unpaired) electrons. The Kier molecular flexibility index (Phi) is 12.6. The van der Waals surface area contributed by atoms with E-state index >= 15 is 0 Å². The number of aliphatic hydroxyl groups excluding tert-OH is 1. The molecule has 0 aliphatic heterocycles. The van der Waals surface area contributed by atoms with Gasteiger partial charge in [0.1, 0.15) is 10.5 Å². The van der Waals surface area contributed by atoms with Crippen molar-refractivity contribution in [1.82, 2.24) is 0 Å². The summed E-state index contributed by atoms with van der Waals surface area (Å²) in [4.78, 5) is 29.2. The lowest BCUT2D eigenvalue weighted by Gasteiger charge is -1.95. The Hall–Kier alpha value is -1.84. The van der Waals surface area contributed by atoms with E-state index in [-0.39, 0.29) is 6.61 Å². The molecule has 0 spiro atoms. The SMILES string of the molecule is C=C(O)C(=O)OCC.O=C=N[SiH](N=C=O)O[SiH3]. The van der Waals surface area contributed by atoms with Crippen molar-refractivity contribution in [2.75, 3.05) is 6.61 Å². The van der Waals surface area contributed by atoms with Crippen LogP contribution in [0.4, 0.5) is 0 Å². The average molecular weight is 276 g/mol. The highest BCUT2D eigenvalue weighted by Crippen LogP contribution is 1.86. The van der Waals surface area contributed by atoms with Crippen LogP contribution in [-0.2, 0) is 23.2 Å². The van der Waals surface area contributed by atoms with Gasteiger partial charge in [-0.15, -0.1) is 0 Å². The van der Waals surface area contributed by atoms with Crippen molar-refractivity contribution >= 4 is 38.0 Å². The molecule has 0 bridgehead atoms. The zero-order valence-electron chi connectivity index (χ0n) is 9.37. The van der Waals surface area contributed by atoms with Crippen LogP contribution in [-0.4, -0.2) is 49.7 Å². The lowest BCUT2D eigenvalue weighted by atomic mass is 10.6. The molecular weight excluding hydrogens is 264 g/mol. The summed E-state index contributed by atoms with van der Waals surface area (Å²) >= 11 is 0. The highest BCUT2D eigenvalue weighted by Gasteiger charge is 2.03. The van der Waals surface area contributed by atoms with Gasteiger partial charge in [-0.3, -0.25) is 0 Å². The quantitative estimate of drug-likeness (QED) is 0.160. The lowest BCUT2D eigenvalue weighted by molar-refractivity contribution is -0.141. The number of isocyanates is 2. The topological polar surface area (TPSA) is 115 Å². The molecule has 0 atom stereocenters. The molecule has 0 saturated heterocycles. The van der Waals surface area contributed by atoms with Gasteiger partial charge < -0.3 is 14.0 Å². The molecule has 0 aromatic rings. The van der Waals surface area contributed by atoms with Crippen molar-refractivity contribution in [3.8, 4) is 0 Å². The third-order valence-corrected chi connectivity index (χ3v) is 3.39. The molecular formula is C7H12N2O6Si2. The second-order valence-corrected chi connectivity index (χ2v) is 5.22. The molecule has 0 aromatic carbocycles. The van der Waals surface area contributed by atoms with Gasteiger partial charge in [0.25, 0.3) is 0 Å². The number of carbonyl (C=O) groups excluding carboxylic acids is 3. The van der Waals surface area contributed by atoms with Crippen LogP contribution in [0, 0.1) is 0 Å². The van der Waals surface area contributed by atoms with E-state index in [1.807, 2.05) is 0 Å². The Labute approximate surface area is 102 Å². The fourth-order valence-electron chi connectivity index (χ4n) is 0.439. The van der Waals surface area contributed by atoms with Crippen LogP contribution in [0.5, 0.6) is 0 Å². The standard InChI is InChI=1S/C5H8O3.C2H4N2O3Si2/c1-3-8-5(7)4(2)6;5-1-3-9(7-8)4-2-6/h6H,2-3H2,1H3;9H,8H3. The number of hydrogen-bond acceptors (Lipinski definition) is 8. The number of aliphatic hydroxyl groups is 1.